The number of hydrogen-bond acceptors (Lipinski definition) is 7. The molecule has 0 radical (unpaired) electrons. The first-order valence-electron chi connectivity index (χ1n) is 10.0. The maximum absolute atomic E-state index is 13.1. The van der Waals surface area contributed by atoms with Gasteiger partial charge in [-0.25, -0.2) is 0 Å². The van der Waals surface area contributed by atoms with E-state index in [-0.39, 0.29) is 34.8 Å². The zero-order valence-electron chi connectivity index (χ0n) is 17.6. The molecule has 1 N–H and O–H groups in total. The molecule has 0 spiro atoms. The lowest BCUT2D eigenvalue weighted by Gasteiger charge is -2.12. The van der Waals surface area contributed by atoms with E-state index in [4.69, 9.17) is 4.42 Å². The van der Waals surface area contributed by atoms with Crippen LogP contribution in [0.1, 0.15) is 32.8 Å². The Balaban J connectivity index is 1.79. The molecule has 2 aromatic heterocycles. The van der Waals surface area contributed by atoms with Crippen molar-refractivity contribution in [2.75, 3.05) is 0 Å². The molecule has 2 heterocycles. The largest absolute Gasteiger partial charge is 0.493 e. The van der Waals surface area contributed by atoms with Crippen molar-refractivity contribution in [2.45, 2.75) is 13.5 Å². The first-order valence-corrected chi connectivity index (χ1v) is 10.0. The smallest absolute Gasteiger partial charge is 0.281 e. The summed E-state index contributed by atoms with van der Waals surface area (Å²) in [5.41, 5.74) is 0.423. The van der Waals surface area contributed by atoms with E-state index >= 15 is 0 Å². The fraction of sp³-hybridized carbons (Fsp3) is 0.0800. The molecule has 33 heavy (non-hydrogen) atoms. The number of azo groups is 1. The standard InChI is InChI=1S/C25H18N4O4/c1-16-20(14-26)24(31)29(15-18-10-7-13-33-18)25(32)22(16)28-27-21-12-6-5-11-19(21)23(30)17-8-3-2-4-9-17/h2-13,31H,15H2,1H3. The number of nitriles is 1. The van der Waals surface area contributed by atoms with Gasteiger partial charge < -0.3 is 9.52 Å². The number of rotatable bonds is 6. The Hall–Kier alpha value is -4.77. The Kier molecular flexibility index (Phi) is 5.96. The lowest BCUT2D eigenvalue weighted by molar-refractivity contribution is 0.103. The average molecular weight is 438 g/mol. The van der Waals surface area contributed by atoms with Crippen LogP contribution in [0.4, 0.5) is 11.4 Å². The normalized spacial score (nSPS) is 10.9. The highest BCUT2D eigenvalue weighted by atomic mass is 16.3. The quantitative estimate of drug-likeness (QED) is 0.335. The molecule has 0 bridgehead atoms. The summed E-state index contributed by atoms with van der Waals surface area (Å²) in [7, 11) is 0. The van der Waals surface area contributed by atoms with Gasteiger partial charge in [0.2, 0.25) is 5.88 Å². The molecule has 0 unspecified atom stereocenters. The summed E-state index contributed by atoms with van der Waals surface area (Å²) in [5, 5.41) is 28.3. The van der Waals surface area contributed by atoms with Crippen molar-refractivity contribution in [3.8, 4) is 11.9 Å². The fourth-order valence-electron chi connectivity index (χ4n) is 3.36. The van der Waals surface area contributed by atoms with E-state index in [1.807, 2.05) is 12.1 Å². The van der Waals surface area contributed by atoms with E-state index < -0.39 is 11.4 Å². The van der Waals surface area contributed by atoms with Gasteiger partial charge in [-0.1, -0.05) is 42.5 Å². The summed E-state index contributed by atoms with van der Waals surface area (Å²) >= 11 is 0. The number of pyridine rings is 1. The van der Waals surface area contributed by atoms with Crippen LogP contribution in [0, 0.1) is 18.3 Å². The first-order chi connectivity index (χ1) is 16.0. The van der Waals surface area contributed by atoms with Crippen molar-refractivity contribution in [2.24, 2.45) is 10.2 Å². The van der Waals surface area contributed by atoms with Crippen LogP contribution in [0.25, 0.3) is 0 Å². The van der Waals surface area contributed by atoms with Crippen LogP contribution in [0.5, 0.6) is 5.88 Å². The number of furan rings is 1. The lowest BCUT2D eigenvalue weighted by atomic mass is 10.0. The molecule has 162 valence electrons. The predicted molar refractivity (Wildman–Crippen MR) is 120 cm³/mol. The van der Waals surface area contributed by atoms with Gasteiger partial charge in [-0.3, -0.25) is 14.2 Å². The minimum Gasteiger partial charge on any atom is -0.493 e. The molecule has 8 heteroatoms. The lowest BCUT2D eigenvalue weighted by Crippen LogP contribution is -2.22. The number of aromatic nitrogens is 1. The van der Waals surface area contributed by atoms with Crippen molar-refractivity contribution in [1.82, 2.24) is 4.57 Å². The van der Waals surface area contributed by atoms with Crippen LogP contribution in [0.3, 0.4) is 0 Å². The topological polar surface area (TPSA) is 121 Å². The molecule has 0 aliphatic carbocycles. The Morgan fingerprint density at radius 3 is 2.48 bits per heavy atom. The van der Waals surface area contributed by atoms with Crippen LogP contribution < -0.4 is 5.56 Å². The molecule has 0 amide bonds. The SMILES string of the molecule is Cc1c(C#N)c(O)n(Cc2ccco2)c(=O)c1N=Nc1ccccc1C(=O)c1ccccc1. The molecule has 0 saturated carbocycles. The highest BCUT2D eigenvalue weighted by Crippen LogP contribution is 2.29. The van der Waals surface area contributed by atoms with Gasteiger partial charge in [0.25, 0.3) is 5.56 Å². The van der Waals surface area contributed by atoms with Gasteiger partial charge in [0, 0.05) is 11.1 Å². The van der Waals surface area contributed by atoms with Gasteiger partial charge in [0.15, 0.2) is 11.5 Å². The van der Waals surface area contributed by atoms with Crippen LogP contribution in [0.2, 0.25) is 0 Å². The van der Waals surface area contributed by atoms with Crippen molar-refractivity contribution in [3.05, 3.63) is 111 Å². The number of hydrogen-bond donors (Lipinski definition) is 1. The number of nitrogens with zero attached hydrogens (tertiary/aromatic N) is 4. The third kappa shape index (κ3) is 4.20. The van der Waals surface area contributed by atoms with Gasteiger partial charge in [0.1, 0.15) is 17.4 Å². The van der Waals surface area contributed by atoms with Crippen LogP contribution in [0.15, 0.2) is 92.4 Å². The maximum Gasteiger partial charge on any atom is 0.281 e. The van der Waals surface area contributed by atoms with E-state index in [0.717, 1.165) is 4.57 Å². The van der Waals surface area contributed by atoms with Gasteiger partial charge in [-0.05, 0) is 31.2 Å². The fourth-order valence-corrected chi connectivity index (χ4v) is 3.36. The summed E-state index contributed by atoms with van der Waals surface area (Å²) in [6, 6.07) is 20.6. The highest BCUT2D eigenvalue weighted by molar-refractivity contribution is 6.11. The zero-order valence-corrected chi connectivity index (χ0v) is 17.6. The number of ketones is 1. The number of aromatic hydroxyl groups is 1. The minimum atomic E-state index is -0.643. The van der Waals surface area contributed by atoms with Crippen molar-refractivity contribution in [1.29, 1.82) is 5.26 Å². The molecule has 8 nitrogen and oxygen atoms in total. The molecular formula is C25H18N4O4. The Morgan fingerprint density at radius 2 is 1.79 bits per heavy atom. The number of carbonyl (C=O) groups is 1. The second-order valence-electron chi connectivity index (χ2n) is 7.17. The summed E-state index contributed by atoms with van der Waals surface area (Å²) in [4.78, 5) is 26.0. The van der Waals surface area contributed by atoms with Gasteiger partial charge in [0.05, 0.1) is 24.1 Å². The van der Waals surface area contributed by atoms with Crippen molar-refractivity contribution < 1.29 is 14.3 Å². The van der Waals surface area contributed by atoms with E-state index in [1.165, 1.54) is 13.2 Å². The molecular weight excluding hydrogens is 420 g/mol. The molecule has 0 fully saturated rings. The molecule has 4 aromatic rings. The van der Waals surface area contributed by atoms with Crippen LogP contribution in [-0.2, 0) is 6.54 Å². The maximum atomic E-state index is 13.1. The minimum absolute atomic E-state index is 0.0851. The summed E-state index contributed by atoms with van der Waals surface area (Å²) < 4.78 is 6.26. The molecule has 0 saturated heterocycles. The van der Waals surface area contributed by atoms with Gasteiger partial charge >= 0.3 is 0 Å². The van der Waals surface area contributed by atoms with E-state index in [1.54, 1.807) is 60.7 Å². The second kappa shape index (κ2) is 9.16. The summed E-state index contributed by atoms with van der Waals surface area (Å²) in [5.74, 6) is -0.294. The summed E-state index contributed by atoms with van der Waals surface area (Å²) in [6.07, 6.45) is 1.44. The summed E-state index contributed by atoms with van der Waals surface area (Å²) in [6.45, 7) is 1.42. The highest BCUT2D eigenvalue weighted by Gasteiger charge is 2.20. The van der Waals surface area contributed by atoms with Crippen molar-refractivity contribution in [3.63, 3.8) is 0 Å². The Bertz CT molecular complexity index is 1450. The van der Waals surface area contributed by atoms with E-state index in [0.29, 0.717) is 16.9 Å². The third-order valence-electron chi connectivity index (χ3n) is 5.11. The average Bonchev–Trinajstić information content (AvgIpc) is 3.36. The molecule has 4 rings (SSSR count). The molecule has 0 aliphatic heterocycles. The Morgan fingerprint density at radius 1 is 1.06 bits per heavy atom. The first kappa shape index (κ1) is 21.5. The number of carbonyl (C=O) groups excluding carboxylic acids is 1. The van der Waals surface area contributed by atoms with Crippen molar-refractivity contribution >= 4 is 17.2 Å². The molecule has 2 aromatic carbocycles. The number of benzene rings is 2. The third-order valence-corrected chi connectivity index (χ3v) is 5.11. The van der Waals surface area contributed by atoms with Crippen LogP contribution in [-0.4, -0.2) is 15.5 Å². The van der Waals surface area contributed by atoms with Gasteiger partial charge in [-0.15, -0.1) is 10.2 Å². The molecule has 0 atom stereocenters. The predicted octanol–water partition coefficient (Wildman–Crippen LogP) is 5.02. The second-order valence-corrected chi connectivity index (χ2v) is 7.17. The monoisotopic (exact) mass is 438 g/mol. The van der Waals surface area contributed by atoms with Crippen LogP contribution >= 0.6 is 0 Å². The van der Waals surface area contributed by atoms with E-state index in [9.17, 15) is 20.0 Å². The van der Waals surface area contributed by atoms with Gasteiger partial charge in [-0.2, -0.15) is 5.26 Å². The Labute approximate surface area is 188 Å². The van der Waals surface area contributed by atoms with E-state index in [2.05, 4.69) is 10.2 Å². The zero-order chi connectivity index (χ0) is 23.4. The molecule has 0 aliphatic rings.